The van der Waals surface area contributed by atoms with Crippen LogP contribution >= 0.6 is 11.6 Å². The molecule has 0 aliphatic carbocycles. The number of nitrogens with one attached hydrogen (secondary N) is 2. The summed E-state index contributed by atoms with van der Waals surface area (Å²) in [6.45, 7) is 0. The van der Waals surface area contributed by atoms with Gasteiger partial charge in [-0.1, -0.05) is 11.6 Å². The molecule has 0 unspecified atom stereocenters. The van der Waals surface area contributed by atoms with E-state index in [9.17, 15) is 13.2 Å². The Balaban J connectivity index is 3.19. The second kappa shape index (κ2) is 4.69. The minimum absolute atomic E-state index is 0.0498. The van der Waals surface area contributed by atoms with Gasteiger partial charge in [-0.05, 0) is 18.2 Å². The summed E-state index contributed by atoms with van der Waals surface area (Å²) in [5, 5.41) is 9.06. The molecule has 0 saturated carbocycles. The Hall–Kier alpha value is -1.31. The number of carboxylic acids is 1. The van der Waals surface area contributed by atoms with Gasteiger partial charge in [0.25, 0.3) is 10.2 Å². The fourth-order valence-corrected chi connectivity index (χ4v) is 1.72. The number of halogens is 1. The fourth-order valence-electron chi connectivity index (χ4n) is 0.978. The van der Waals surface area contributed by atoms with E-state index >= 15 is 0 Å². The summed E-state index contributed by atoms with van der Waals surface area (Å²) in [4.78, 5) is 10.8. The number of benzene rings is 1. The molecule has 6 nitrogen and oxygen atoms in total. The summed E-state index contributed by atoms with van der Waals surface area (Å²) < 4.78 is 26.4. The van der Waals surface area contributed by atoms with Crippen LogP contribution in [0.1, 0.15) is 10.4 Å². The number of hydrogen-bond donors (Lipinski definition) is 3. The number of carbonyl (C=O) groups is 1. The second-order valence-corrected chi connectivity index (χ2v) is 4.86. The highest BCUT2D eigenvalue weighted by molar-refractivity contribution is 7.90. The van der Waals surface area contributed by atoms with Crippen molar-refractivity contribution < 1.29 is 18.3 Å². The molecular formula is C8H9ClN2O4S. The zero-order valence-electron chi connectivity index (χ0n) is 8.19. The highest BCUT2D eigenvalue weighted by Crippen LogP contribution is 2.21. The number of rotatable bonds is 4. The molecule has 88 valence electrons. The van der Waals surface area contributed by atoms with Crippen LogP contribution in [-0.2, 0) is 10.2 Å². The molecular weight excluding hydrogens is 256 g/mol. The van der Waals surface area contributed by atoms with Gasteiger partial charge in [0.15, 0.2) is 0 Å². The monoisotopic (exact) mass is 264 g/mol. The van der Waals surface area contributed by atoms with Crippen LogP contribution in [0.25, 0.3) is 0 Å². The Morgan fingerprint density at radius 3 is 2.56 bits per heavy atom. The first-order valence-corrected chi connectivity index (χ1v) is 5.96. The molecule has 0 atom stereocenters. The van der Waals surface area contributed by atoms with Crippen molar-refractivity contribution in [2.24, 2.45) is 0 Å². The Morgan fingerprint density at radius 2 is 2.06 bits per heavy atom. The normalized spacial score (nSPS) is 11.1. The van der Waals surface area contributed by atoms with Gasteiger partial charge in [-0.2, -0.15) is 8.42 Å². The smallest absolute Gasteiger partial charge is 0.337 e. The molecule has 0 fully saturated rings. The Kier molecular flexibility index (Phi) is 3.74. The summed E-state index contributed by atoms with van der Waals surface area (Å²) in [7, 11) is -2.54. The van der Waals surface area contributed by atoms with Crippen LogP contribution in [0.5, 0.6) is 0 Å². The third-order valence-corrected chi connectivity index (χ3v) is 2.99. The Bertz CT molecular complexity index is 515. The predicted octanol–water partition coefficient (Wildman–Crippen LogP) is 0.914. The van der Waals surface area contributed by atoms with Crippen LogP contribution in [0, 0.1) is 0 Å². The van der Waals surface area contributed by atoms with Crippen LogP contribution in [0.2, 0.25) is 5.02 Å². The predicted molar refractivity (Wildman–Crippen MR) is 60.0 cm³/mol. The van der Waals surface area contributed by atoms with Crippen molar-refractivity contribution in [2.45, 2.75) is 0 Å². The Morgan fingerprint density at radius 1 is 1.44 bits per heavy atom. The maximum absolute atomic E-state index is 11.2. The van der Waals surface area contributed by atoms with E-state index in [0.29, 0.717) is 0 Å². The molecule has 16 heavy (non-hydrogen) atoms. The lowest BCUT2D eigenvalue weighted by Crippen LogP contribution is -2.27. The van der Waals surface area contributed by atoms with E-state index in [1.165, 1.54) is 19.2 Å². The van der Waals surface area contributed by atoms with Crippen LogP contribution in [0.3, 0.4) is 0 Å². The molecule has 0 spiro atoms. The SMILES string of the molecule is CNS(=O)(=O)Nc1ccc(Cl)cc1C(=O)O. The van der Waals surface area contributed by atoms with Gasteiger partial charge < -0.3 is 5.11 Å². The average Bonchev–Trinajstić information content (AvgIpc) is 2.20. The van der Waals surface area contributed by atoms with E-state index < -0.39 is 16.2 Å². The van der Waals surface area contributed by atoms with Crippen LogP contribution in [0.15, 0.2) is 18.2 Å². The Labute approximate surface area is 97.4 Å². The molecule has 0 aliphatic rings. The molecule has 0 bridgehead atoms. The molecule has 1 rings (SSSR count). The maximum Gasteiger partial charge on any atom is 0.337 e. The summed E-state index contributed by atoms with van der Waals surface area (Å²) in [5.74, 6) is -1.27. The number of hydrogen-bond acceptors (Lipinski definition) is 3. The molecule has 0 heterocycles. The lowest BCUT2D eigenvalue weighted by atomic mass is 10.2. The van der Waals surface area contributed by atoms with Crippen molar-refractivity contribution >= 4 is 33.5 Å². The lowest BCUT2D eigenvalue weighted by Gasteiger charge is -2.09. The quantitative estimate of drug-likeness (QED) is 0.753. The molecule has 0 saturated heterocycles. The van der Waals surface area contributed by atoms with Gasteiger partial charge in [-0.15, -0.1) is 0 Å². The van der Waals surface area contributed by atoms with Crippen LogP contribution in [0.4, 0.5) is 5.69 Å². The topological polar surface area (TPSA) is 95.5 Å². The van der Waals surface area contributed by atoms with Crippen molar-refractivity contribution in [1.82, 2.24) is 4.72 Å². The molecule has 1 aromatic carbocycles. The van der Waals surface area contributed by atoms with Crippen molar-refractivity contribution in [2.75, 3.05) is 11.8 Å². The number of aromatic carboxylic acids is 1. The first-order chi connectivity index (χ1) is 7.35. The number of carboxylic acid groups (broad SMARTS) is 1. The molecule has 0 aliphatic heterocycles. The minimum atomic E-state index is -3.75. The molecule has 0 radical (unpaired) electrons. The zero-order valence-corrected chi connectivity index (χ0v) is 9.76. The highest BCUT2D eigenvalue weighted by atomic mass is 35.5. The van der Waals surface area contributed by atoms with Crippen molar-refractivity contribution in [3.8, 4) is 0 Å². The fraction of sp³-hybridized carbons (Fsp3) is 0.125. The third-order valence-electron chi connectivity index (χ3n) is 1.73. The van der Waals surface area contributed by atoms with E-state index in [-0.39, 0.29) is 16.3 Å². The van der Waals surface area contributed by atoms with Crippen LogP contribution < -0.4 is 9.44 Å². The maximum atomic E-state index is 11.2. The molecule has 0 aromatic heterocycles. The third kappa shape index (κ3) is 3.09. The van der Waals surface area contributed by atoms with Gasteiger partial charge in [0.05, 0.1) is 11.3 Å². The zero-order chi connectivity index (χ0) is 12.3. The van der Waals surface area contributed by atoms with Crippen molar-refractivity contribution in [3.05, 3.63) is 28.8 Å². The van der Waals surface area contributed by atoms with Crippen molar-refractivity contribution in [3.63, 3.8) is 0 Å². The molecule has 1 aromatic rings. The second-order valence-electron chi connectivity index (χ2n) is 2.80. The first kappa shape index (κ1) is 12.8. The van der Waals surface area contributed by atoms with Crippen molar-refractivity contribution in [1.29, 1.82) is 0 Å². The summed E-state index contributed by atoms with van der Waals surface area (Å²) in [6, 6.07) is 3.83. The minimum Gasteiger partial charge on any atom is -0.478 e. The van der Waals surface area contributed by atoms with E-state index in [1.54, 1.807) is 0 Å². The number of anilines is 1. The van der Waals surface area contributed by atoms with Gasteiger partial charge >= 0.3 is 5.97 Å². The van der Waals surface area contributed by atoms with Gasteiger partial charge in [-0.25, -0.2) is 9.52 Å². The average molecular weight is 265 g/mol. The molecule has 0 amide bonds. The van der Waals surface area contributed by atoms with E-state index in [2.05, 4.69) is 4.72 Å². The summed E-state index contributed by atoms with van der Waals surface area (Å²) >= 11 is 5.61. The summed E-state index contributed by atoms with van der Waals surface area (Å²) in [6.07, 6.45) is 0. The first-order valence-electron chi connectivity index (χ1n) is 4.10. The van der Waals surface area contributed by atoms with Gasteiger partial charge in [0.2, 0.25) is 0 Å². The van der Waals surface area contributed by atoms with E-state index in [0.717, 1.165) is 6.07 Å². The van der Waals surface area contributed by atoms with Crippen LogP contribution in [-0.4, -0.2) is 26.5 Å². The lowest BCUT2D eigenvalue weighted by molar-refractivity contribution is 0.0698. The summed E-state index contributed by atoms with van der Waals surface area (Å²) in [5.41, 5.74) is -0.266. The van der Waals surface area contributed by atoms with Gasteiger partial charge in [-0.3, -0.25) is 4.72 Å². The van der Waals surface area contributed by atoms with Gasteiger partial charge in [0.1, 0.15) is 0 Å². The largest absolute Gasteiger partial charge is 0.478 e. The molecule has 8 heteroatoms. The molecule has 3 N–H and O–H groups in total. The van der Waals surface area contributed by atoms with Gasteiger partial charge in [0, 0.05) is 12.1 Å². The standard InChI is InChI=1S/C8H9ClN2O4S/c1-10-16(14,15)11-7-3-2-5(9)4-6(7)8(12)13/h2-4,10-11H,1H3,(H,12,13). The van der Waals surface area contributed by atoms with E-state index in [4.69, 9.17) is 16.7 Å². The van der Waals surface area contributed by atoms with E-state index in [1.807, 2.05) is 4.72 Å². The highest BCUT2D eigenvalue weighted by Gasteiger charge is 2.15.